The first-order chi connectivity index (χ1) is 15.0. The second-order valence-electron chi connectivity index (χ2n) is 8.52. The molecule has 164 valence electrons. The van der Waals surface area contributed by atoms with Gasteiger partial charge in [-0.3, -0.25) is 0 Å². The van der Waals surface area contributed by atoms with Crippen molar-refractivity contribution in [3.8, 4) is 22.3 Å². The summed E-state index contributed by atoms with van der Waals surface area (Å²) < 4.78 is 30.0. The fourth-order valence-corrected chi connectivity index (χ4v) is 4.13. The summed E-state index contributed by atoms with van der Waals surface area (Å²) in [6, 6.07) is 17.0. The summed E-state index contributed by atoms with van der Waals surface area (Å²) in [5.74, 6) is -0.558. The predicted octanol–water partition coefficient (Wildman–Crippen LogP) is 9.07. The van der Waals surface area contributed by atoms with Gasteiger partial charge >= 0.3 is 0 Å². The molecule has 0 aromatic heterocycles. The van der Waals surface area contributed by atoms with Gasteiger partial charge in [0.25, 0.3) is 0 Å². The lowest BCUT2D eigenvalue weighted by molar-refractivity contribution is 0.614. The third-order valence-electron chi connectivity index (χ3n) is 6.16. The van der Waals surface area contributed by atoms with Crippen molar-refractivity contribution in [1.29, 1.82) is 0 Å². The van der Waals surface area contributed by atoms with E-state index in [0.717, 1.165) is 43.2 Å². The van der Waals surface area contributed by atoms with Gasteiger partial charge < -0.3 is 0 Å². The van der Waals surface area contributed by atoms with Crippen LogP contribution in [0.2, 0.25) is 0 Å². The number of halogens is 2. The summed E-state index contributed by atoms with van der Waals surface area (Å²) in [6.45, 7) is 6.19. The second kappa shape index (κ2) is 11.2. The highest BCUT2D eigenvalue weighted by Crippen LogP contribution is 2.32. The molecule has 0 aliphatic heterocycles. The number of hydrogen-bond donors (Lipinski definition) is 0. The van der Waals surface area contributed by atoms with Gasteiger partial charge in [0.1, 0.15) is 11.6 Å². The van der Waals surface area contributed by atoms with Gasteiger partial charge in [-0.25, -0.2) is 8.78 Å². The van der Waals surface area contributed by atoms with E-state index < -0.39 is 0 Å². The van der Waals surface area contributed by atoms with E-state index >= 15 is 4.39 Å². The lowest BCUT2D eigenvalue weighted by atomic mass is 9.94. The summed E-state index contributed by atoms with van der Waals surface area (Å²) in [4.78, 5) is 0. The van der Waals surface area contributed by atoms with E-state index in [-0.39, 0.29) is 11.6 Å². The minimum absolute atomic E-state index is 0.238. The average Bonchev–Trinajstić information content (AvgIpc) is 2.78. The van der Waals surface area contributed by atoms with E-state index in [2.05, 4.69) is 26.0 Å². The van der Waals surface area contributed by atoms with Crippen LogP contribution in [-0.4, -0.2) is 0 Å². The first kappa shape index (κ1) is 23.2. The van der Waals surface area contributed by atoms with Gasteiger partial charge in [0.2, 0.25) is 0 Å². The van der Waals surface area contributed by atoms with Crippen LogP contribution in [0.3, 0.4) is 0 Å². The summed E-state index contributed by atoms with van der Waals surface area (Å²) in [6.07, 6.45) is 8.92. The van der Waals surface area contributed by atoms with Crippen molar-refractivity contribution < 1.29 is 8.78 Å². The highest BCUT2D eigenvalue weighted by Gasteiger charge is 2.14. The molecule has 31 heavy (non-hydrogen) atoms. The van der Waals surface area contributed by atoms with Crippen LogP contribution < -0.4 is 0 Å². The molecule has 0 aliphatic rings. The number of hydrogen-bond acceptors (Lipinski definition) is 0. The highest BCUT2D eigenvalue weighted by molar-refractivity contribution is 5.72. The average molecular weight is 421 g/mol. The molecule has 2 heteroatoms. The Bertz CT molecular complexity index is 986. The summed E-state index contributed by atoms with van der Waals surface area (Å²) >= 11 is 0. The molecule has 3 aromatic carbocycles. The molecule has 0 atom stereocenters. The molecule has 0 bridgehead atoms. The van der Waals surface area contributed by atoms with Crippen LogP contribution in [0.25, 0.3) is 22.3 Å². The molecule has 3 rings (SSSR count). The lowest BCUT2D eigenvalue weighted by Crippen LogP contribution is -1.97. The Balaban J connectivity index is 1.80. The van der Waals surface area contributed by atoms with E-state index in [4.69, 9.17) is 0 Å². The molecule has 0 aliphatic carbocycles. The lowest BCUT2D eigenvalue weighted by Gasteiger charge is -2.12. The van der Waals surface area contributed by atoms with Crippen molar-refractivity contribution >= 4 is 0 Å². The van der Waals surface area contributed by atoms with Gasteiger partial charge in [0.15, 0.2) is 0 Å². The molecule has 0 saturated heterocycles. The maximum absolute atomic E-state index is 15.1. The van der Waals surface area contributed by atoms with Gasteiger partial charge in [-0.05, 0) is 66.5 Å². The van der Waals surface area contributed by atoms with E-state index in [9.17, 15) is 4.39 Å². The zero-order valence-electron chi connectivity index (χ0n) is 19.1. The molecule has 3 aromatic rings. The number of rotatable bonds is 10. The Kier molecular flexibility index (Phi) is 8.40. The largest absolute Gasteiger partial charge is 0.206 e. The summed E-state index contributed by atoms with van der Waals surface area (Å²) in [5, 5.41) is 0. The van der Waals surface area contributed by atoms with Crippen molar-refractivity contribution in [1.82, 2.24) is 0 Å². The van der Waals surface area contributed by atoms with Gasteiger partial charge in [0, 0.05) is 11.1 Å². The Hall–Kier alpha value is -2.48. The molecule has 0 amide bonds. The van der Waals surface area contributed by atoms with Crippen LogP contribution in [0.15, 0.2) is 54.6 Å². The summed E-state index contributed by atoms with van der Waals surface area (Å²) in [5.41, 5.74) is 5.46. The van der Waals surface area contributed by atoms with Gasteiger partial charge in [-0.15, -0.1) is 0 Å². The molecule has 0 spiro atoms. The quantitative estimate of drug-likeness (QED) is 0.287. The first-order valence-electron chi connectivity index (χ1n) is 11.7. The SMILES string of the molecule is CCCCCc1ccc(-c2ccc(-c3ccc(CCCCC)c(C)c3F)cc2F)cc1. The topological polar surface area (TPSA) is 0 Å². The van der Waals surface area contributed by atoms with Crippen LogP contribution in [0.1, 0.15) is 69.1 Å². The molecule has 0 unspecified atom stereocenters. The molecule has 0 radical (unpaired) electrons. The monoisotopic (exact) mass is 420 g/mol. The minimum atomic E-state index is -0.319. The van der Waals surface area contributed by atoms with Crippen LogP contribution in [0, 0.1) is 18.6 Å². The molecule has 0 N–H and O–H groups in total. The fraction of sp³-hybridized carbons (Fsp3) is 0.379. The zero-order valence-corrected chi connectivity index (χ0v) is 19.1. The Morgan fingerprint density at radius 1 is 0.645 bits per heavy atom. The normalized spacial score (nSPS) is 11.1. The van der Waals surface area contributed by atoms with Crippen molar-refractivity contribution in [3.63, 3.8) is 0 Å². The minimum Gasteiger partial charge on any atom is -0.206 e. The van der Waals surface area contributed by atoms with Crippen molar-refractivity contribution in [2.24, 2.45) is 0 Å². The van der Waals surface area contributed by atoms with Crippen molar-refractivity contribution in [2.45, 2.75) is 72.1 Å². The van der Waals surface area contributed by atoms with Crippen LogP contribution in [0.4, 0.5) is 8.78 Å². The predicted molar refractivity (Wildman–Crippen MR) is 128 cm³/mol. The van der Waals surface area contributed by atoms with Gasteiger partial charge in [0.05, 0.1) is 0 Å². The summed E-state index contributed by atoms with van der Waals surface area (Å²) in [7, 11) is 0. The number of benzene rings is 3. The Labute approximate surface area is 186 Å². The van der Waals surface area contributed by atoms with Gasteiger partial charge in [-0.2, -0.15) is 0 Å². The van der Waals surface area contributed by atoms with Crippen LogP contribution in [0.5, 0.6) is 0 Å². The second-order valence-corrected chi connectivity index (χ2v) is 8.52. The maximum Gasteiger partial charge on any atom is 0.134 e. The number of unbranched alkanes of at least 4 members (excludes halogenated alkanes) is 4. The zero-order chi connectivity index (χ0) is 22.2. The van der Waals surface area contributed by atoms with E-state index in [0.29, 0.717) is 22.3 Å². The smallest absolute Gasteiger partial charge is 0.134 e. The Morgan fingerprint density at radius 3 is 1.90 bits per heavy atom. The fourth-order valence-electron chi connectivity index (χ4n) is 4.13. The van der Waals surface area contributed by atoms with E-state index in [1.165, 1.54) is 30.9 Å². The van der Waals surface area contributed by atoms with Gasteiger partial charge in [-0.1, -0.05) is 88.1 Å². The van der Waals surface area contributed by atoms with Crippen molar-refractivity contribution in [3.05, 3.63) is 82.9 Å². The Morgan fingerprint density at radius 2 is 1.26 bits per heavy atom. The standard InChI is InChI=1S/C29H34F2/c1-4-6-8-10-22-12-14-24(15-13-22)26-18-17-25(20-28(26)30)27-19-16-23(11-9-7-5-2)21(3)29(27)31/h12-20H,4-11H2,1-3H3. The number of aryl methyl sites for hydroxylation is 2. The van der Waals surface area contributed by atoms with Crippen LogP contribution in [-0.2, 0) is 12.8 Å². The van der Waals surface area contributed by atoms with Crippen molar-refractivity contribution in [2.75, 3.05) is 0 Å². The van der Waals surface area contributed by atoms with E-state index in [1.807, 2.05) is 31.2 Å². The van der Waals surface area contributed by atoms with E-state index in [1.54, 1.807) is 12.1 Å². The molecule has 0 fully saturated rings. The third-order valence-corrected chi connectivity index (χ3v) is 6.16. The molecule has 0 saturated carbocycles. The first-order valence-corrected chi connectivity index (χ1v) is 11.7. The highest BCUT2D eigenvalue weighted by atomic mass is 19.1. The molecular weight excluding hydrogens is 386 g/mol. The third kappa shape index (κ3) is 5.81. The van der Waals surface area contributed by atoms with Crippen LogP contribution >= 0.6 is 0 Å². The molecule has 0 nitrogen and oxygen atoms in total. The molecule has 0 heterocycles. The maximum atomic E-state index is 15.1. The molecular formula is C29H34F2.